The maximum atomic E-state index is 12.0. The number of pyridine rings is 1. The Balaban J connectivity index is 1.65. The van der Waals surface area contributed by atoms with Gasteiger partial charge in [0.05, 0.1) is 11.9 Å². The van der Waals surface area contributed by atoms with Gasteiger partial charge in [0.1, 0.15) is 0 Å². The summed E-state index contributed by atoms with van der Waals surface area (Å²) >= 11 is 0. The first-order chi connectivity index (χ1) is 11.1. The molecule has 0 amide bonds. The highest BCUT2D eigenvalue weighted by Gasteiger charge is 2.34. The third-order valence-corrected chi connectivity index (χ3v) is 6.07. The standard InChI is InChI=1S/C17H24N2O3S/c1-2-6-23(22)12-15(20)11-18-8-13-7-14(10-18)16-4-3-5-17(21)19(16)9-13/h2-5,13-15,20H,1,6-12H2/t13?,14-,15?,23?/m0/s1. The van der Waals surface area contributed by atoms with Crippen LogP contribution in [0.25, 0.3) is 0 Å². The van der Waals surface area contributed by atoms with Crippen molar-refractivity contribution >= 4 is 10.8 Å². The van der Waals surface area contributed by atoms with Crippen LogP contribution < -0.4 is 5.56 Å². The monoisotopic (exact) mass is 336 g/mol. The smallest absolute Gasteiger partial charge is 0.250 e. The van der Waals surface area contributed by atoms with Gasteiger partial charge >= 0.3 is 0 Å². The van der Waals surface area contributed by atoms with Crippen molar-refractivity contribution < 1.29 is 9.32 Å². The van der Waals surface area contributed by atoms with E-state index in [1.807, 2.05) is 16.7 Å². The Hall–Kier alpha value is -1.24. The fourth-order valence-corrected chi connectivity index (χ4v) is 4.84. The number of aromatic nitrogens is 1. The second-order valence-corrected chi connectivity index (χ2v) is 8.18. The Morgan fingerprint density at radius 2 is 2.22 bits per heavy atom. The first-order valence-corrected chi connectivity index (χ1v) is 9.61. The lowest BCUT2D eigenvalue weighted by atomic mass is 9.83. The number of piperidine rings is 1. The molecule has 0 aromatic carbocycles. The van der Waals surface area contributed by atoms with Crippen LogP contribution in [0.4, 0.5) is 0 Å². The van der Waals surface area contributed by atoms with Crippen molar-refractivity contribution in [2.45, 2.75) is 25.0 Å². The predicted molar refractivity (Wildman–Crippen MR) is 92.1 cm³/mol. The van der Waals surface area contributed by atoms with E-state index in [9.17, 15) is 14.1 Å². The minimum Gasteiger partial charge on any atom is -0.391 e. The van der Waals surface area contributed by atoms with Crippen LogP contribution in [-0.4, -0.2) is 56.0 Å². The van der Waals surface area contributed by atoms with Gasteiger partial charge in [0.15, 0.2) is 0 Å². The van der Waals surface area contributed by atoms with Gasteiger partial charge < -0.3 is 9.67 Å². The Bertz CT molecular complexity index is 657. The number of nitrogens with zero attached hydrogens (tertiary/aromatic N) is 2. The van der Waals surface area contributed by atoms with Crippen molar-refractivity contribution in [3.05, 3.63) is 46.9 Å². The molecular formula is C17H24N2O3S. The molecule has 1 fully saturated rings. The van der Waals surface area contributed by atoms with Crippen molar-refractivity contribution in [1.29, 1.82) is 0 Å². The second-order valence-electron chi connectivity index (χ2n) is 6.63. The highest BCUT2D eigenvalue weighted by Crippen LogP contribution is 2.34. The molecular weight excluding hydrogens is 312 g/mol. The van der Waals surface area contributed by atoms with E-state index in [-0.39, 0.29) is 5.56 Å². The van der Waals surface area contributed by atoms with E-state index in [4.69, 9.17) is 0 Å². The Labute approximate surface area is 139 Å². The van der Waals surface area contributed by atoms with Crippen LogP contribution >= 0.6 is 0 Å². The quantitative estimate of drug-likeness (QED) is 0.771. The molecule has 1 aromatic heterocycles. The van der Waals surface area contributed by atoms with E-state index >= 15 is 0 Å². The van der Waals surface area contributed by atoms with Gasteiger partial charge in [-0.2, -0.15) is 0 Å². The van der Waals surface area contributed by atoms with Crippen LogP contribution in [0.5, 0.6) is 0 Å². The van der Waals surface area contributed by atoms with Crippen molar-refractivity contribution in [2.75, 3.05) is 31.1 Å². The summed E-state index contributed by atoms with van der Waals surface area (Å²) in [6, 6.07) is 5.50. The van der Waals surface area contributed by atoms with Crippen molar-refractivity contribution in [3.63, 3.8) is 0 Å². The number of hydrogen-bond donors (Lipinski definition) is 1. The zero-order valence-electron chi connectivity index (χ0n) is 13.3. The maximum Gasteiger partial charge on any atom is 0.250 e. The number of β-amino-alcohol motifs (C(OH)–C–C–N with tert-alkyl or cyclic N) is 1. The fraction of sp³-hybridized carbons (Fsp3) is 0.588. The summed E-state index contributed by atoms with van der Waals surface area (Å²) in [6.45, 7) is 6.63. The van der Waals surface area contributed by atoms with Crippen molar-refractivity contribution in [2.24, 2.45) is 5.92 Å². The summed E-state index contributed by atoms with van der Waals surface area (Å²) in [5.74, 6) is 1.53. The number of aliphatic hydroxyl groups excluding tert-OH is 1. The fourth-order valence-electron chi connectivity index (χ4n) is 3.91. The van der Waals surface area contributed by atoms with Crippen LogP contribution in [0.15, 0.2) is 35.6 Å². The summed E-state index contributed by atoms with van der Waals surface area (Å²) in [5.41, 5.74) is 1.20. The molecule has 2 aliphatic heterocycles. The molecule has 3 heterocycles. The largest absolute Gasteiger partial charge is 0.391 e. The van der Waals surface area contributed by atoms with Crippen LogP contribution in [0.3, 0.4) is 0 Å². The lowest BCUT2D eigenvalue weighted by molar-refractivity contribution is 0.0714. The minimum absolute atomic E-state index is 0.0884. The highest BCUT2D eigenvalue weighted by atomic mass is 32.2. The highest BCUT2D eigenvalue weighted by molar-refractivity contribution is 7.85. The molecule has 1 aromatic rings. The van der Waals surface area contributed by atoms with Crippen molar-refractivity contribution in [1.82, 2.24) is 9.47 Å². The summed E-state index contributed by atoms with van der Waals surface area (Å²) in [5, 5.41) is 10.2. The molecule has 2 bridgehead atoms. The molecule has 3 rings (SSSR count). The molecule has 2 aliphatic rings. The minimum atomic E-state index is -1.04. The zero-order chi connectivity index (χ0) is 16.4. The van der Waals surface area contributed by atoms with Gasteiger partial charge in [-0.25, -0.2) is 0 Å². The third-order valence-electron chi connectivity index (χ3n) is 4.71. The van der Waals surface area contributed by atoms with E-state index in [2.05, 4.69) is 11.5 Å². The SMILES string of the molecule is C=CCS(=O)CC(O)CN1CC2C[C@@H](C1)c1cccc(=O)n1C2. The first-order valence-electron chi connectivity index (χ1n) is 8.13. The maximum absolute atomic E-state index is 12.0. The van der Waals surface area contributed by atoms with Gasteiger partial charge in [0.2, 0.25) is 0 Å². The third kappa shape index (κ3) is 3.82. The molecule has 4 atom stereocenters. The number of aliphatic hydroxyl groups is 1. The molecule has 126 valence electrons. The normalized spacial score (nSPS) is 26.3. The van der Waals surface area contributed by atoms with Gasteiger partial charge in [-0.15, -0.1) is 6.58 Å². The summed E-state index contributed by atoms with van der Waals surface area (Å²) in [4.78, 5) is 14.3. The Morgan fingerprint density at radius 1 is 1.39 bits per heavy atom. The zero-order valence-corrected chi connectivity index (χ0v) is 14.1. The van der Waals surface area contributed by atoms with Gasteiger partial charge in [-0.1, -0.05) is 12.1 Å². The van der Waals surface area contributed by atoms with Crippen LogP contribution in [0.2, 0.25) is 0 Å². The molecule has 0 saturated carbocycles. The van der Waals surface area contributed by atoms with Gasteiger partial charge in [-0.3, -0.25) is 13.9 Å². The van der Waals surface area contributed by atoms with E-state index in [0.717, 1.165) is 31.7 Å². The summed E-state index contributed by atoms with van der Waals surface area (Å²) in [7, 11) is -1.04. The topological polar surface area (TPSA) is 62.5 Å². The van der Waals surface area contributed by atoms with E-state index in [1.165, 1.54) is 0 Å². The lowest BCUT2D eigenvalue weighted by Crippen LogP contribution is -2.49. The average Bonchev–Trinajstić information content (AvgIpc) is 2.48. The van der Waals surface area contributed by atoms with Crippen LogP contribution in [-0.2, 0) is 17.3 Å². The lowest BCUT2D eigenvalue weighted by Gasteiger charge is -2.43. The van der Waals surface area contributed by atoms with Gasteiger partial charge in [0, 0.05) is 60.4 Å². The molecule has 5 nitrogen and oxygen atoms in total. The molecule has 0 radical (unpaired) electrons. The average molecular weight is 336 g/mol. The number of fused-ring (bicyclic) bond motifs is 4. The molecule has 6 heteroatoms. The molecule has 1 saturated heterocycles. The van der Waals surface area contributed by atoms with Gasteiger partial charge in [-0.05, 0) is 18.4 Å². The summed E-state index contributed by atoms with van der Waals surface area (Å²) < 4.78 is 13.6. The van der Waals surface area contributed by atoms with Gasteiger partial charge in [0.25, 0.3) is 5.56 Å². The van der Waals surface area contributed by atoms with E-state index in [0.29, 0.717) is 29.9 Å². The molecule has 0 aliphatic carbocycles. The molecule has 3 unspecified atom stereocenters. The van der Waals surface area contributed by atoms with Crippen molar-refractivity contribution in [3.8, 4) is 0 Å². The van der Waals surface area contributed by atoms with Crippen LogP contribution in [0.1, 0.15) is 18.0 Å². The predicted octanol–water partition coefficient (Wildman–Crippen LogP) is 0.563. The Kier molecular flexibility index (Phi) is 5.14. The number of likely N-dealkylation sites (tertiary alicyclic amines) is 1. The number of rotatable bonds is 6. The summed E-state index contributed by atoms with van der Waals surface area (Å²) in [6.07, 6.45) is 2.16. The molecule has 0 spiro atoms. The van der Waals surface area contributed by atoms with E-state index in [1.54, 1.807) is 12.1 Å². The molecule has 1 N–H and O–H groups in total. The number of hydrogen-bond acceptors (Lipinski definition) is 4. The van der Waals surface area contributed by atoms with E-state index < -0.39 is 16.9 Å². The van der Waals surface area contributed by atoms with Crippen LogP contribution in [0, 0.1) is 5.92 Å². The first kappa shape index (κ1) is 16.6. The Morgan fingerprint density at radius 3 is 3.00 bits per heavy atom. The molecule has 23 heavy (non-hydrogen) atoms. The second kappa shape index (κ2) is 7.11.